The summed E-state index contributed by atoms with van der Waals surface area (Å²) in [6.45, 7) is 0.754. The summed E-state index contributed by atoms with van der Waals surface area (Å²) in [5.41, 5.74) is 1.48. The number of carbonyl (C=O) groups is 1. The first-order valence-electron chi connectivity index (χ1n) is 7.76. The van der Waals surface area contributed by atoms with E-state index >= 15 is 0 Å². The summed E-state index contributed by atoms with van der Waals surface area (Å²) in [6.07, 6.45) is 2.03. The molecule has 0 N–H and O–H groups in total. The highest BCUT2D eigenvalue weighted by atomic mass is 35.5. The molecule has 1 heterocycles. The zero-order valence-corrected chi connectivity index (χ0v) is 14.3. The van der Waals surface area contributed by atoms with Gasteiger partial charge in [-0.1, -0.05) is 29.3 Å². The smallest absolute Gasteiger partial charge is 0.255 e. The van der Waals surface area contributed by atoms with Gasteiger partial charge in [0.1, 0.15) is 0 Å². The average Bonchev–Trinajstić information content (AvgIpc) is 3.29. The molecule has 0 unspecified atom stereocenters. The Labute approximate surface area is 149 Å². The van der Waals surface area contributed by atoms with Gasteiger partial charge < -0.3 is 14.4 Å². The molecule has 4 nitrogen and oxygen atoms in total. The van der Waals surface area contributed by atoms with Crippen LogP contribution in [0, 0.1) is 0 Å². The van der Waals surface area contributed by atoms with Crippen molar-refractivity contribution in [3.63, 3.8) is 0 Å². The van der Waals surface area contributed by atoms with Gasteiger partial charge in [-0.15, -0.1) is 0 Å². The molecule has 0 bridgehead atoms. The Morgan fingerprint density at radius 2 is 1.88 bits per heavy atom. The van der Waals surface area contributed by atoms with E-state index in [9.17, 15) is 4.79 Å². The lowest BCUT2D eigenvalue weighted by atomic mass is 10.1. The zero-order valence-electron chi connectivity index (χ0n) is 12.8. The highest BCUT2D eigenvalue weighted by Crippen LogP contribution is 2.35. The van der Waals surface area contributed by atoms with E-state index in [0.29, 0.717) is 22.2 Å². The van der Waals surface area contributed by atoms with Gasteiger partial charge in [-0.05, 0) is 48.7 Å². The Morgan fingerprint density at radius 1 is 1.08 bits per heavy atom. The van der Waals surface area contributed by atoms with Crippen molar-refractivity contribution in [2.24, 2.45) is 0 Å². The van der Waals surface area contributed by atoms with Crippen molar-refractivity contribution in [2.75, 3.05) is 6.79 Å². The summed E-state index contributed by atoms with van der Waals surface area (Å²) in [5, 5.41) is 0.897. The highest BCUT2D eigenvalue weighted by Gasteiger charge is 2.34. The van der Waals surface area contributed by atoms with Crippen LogP contribution >= 0.6 is 23.2 Å². The van der Waals surface area contributed by atoms with Gasteiger partial charge in [0.15, 0.2) is 11.5 Å². The monoisotopic (exact) mass is 363 g/mol. The zero-order chi connectivity index (χ0) is 16.7. The molecule has 0 saturated heterocycles. The predicted molar refractivity (Wildman–Crippen MR) is 91.9 cm³/mol. The van der Waals surface area contributed by atoms with E-state index in [1.165, 1.54) is 0 Å². The van der Waals surface area contributed by atoms with Gasteiger partial charge in [-0.2, -0.15) is 0 Å². The summed E-state index contributed by atoms with van der Waals surface area (Å²) in [7, 11) is 0. The van der Waals surface area contributed by atoms with Crippen LogP contribution in [0.2, 0.25) is 10.0 Å². The summed E-state index contributed by atoms with van der Waals surface area (Å²) >= 11 is 12.1. The molecule has 2 aromatic rings. The molecule has 0 radical (unpaired) electrons. The Morgan fingerprint density at radius 3 is 2.62 bits per heavy atom. The van der Waals surface area contributed by atoms with Gasteiger partial charge in [0.05, 0.1) is 10.6 Å². The Kier molecular flexibility index (Phi) is 4.02. The van der Waals surface area contributed by atoms with E-state index in [0.717, 1.165) is 29.9 Å². The molecule has 2 aromatic carbocycles. The average molecular weight is 364 g/mol. The van der Waals surface area contributed by atoms with Crippen LogP contribution < -0.4 is 9.47 Å². The molecule has 1 fully saturated rings. The van der Waals surface area contributed by atoms with Crippen molar-refractivity contribution < 1.29 is 14.3 Å². The number of nitrogens with zero attached hydrogens (tertiary/aromatic N) is 1. The normalized spacial score (nSPS) is 15.4. The lowest BCUT2D eigenvalue weighted by Crippen LogP contribution is -2.32. The van der Waals surface area contributed by atoms with Gasteiger partial charge >= 0.3 is 0 Å². The predicted octanol–water partition coefficient (Wildman–Crippen LogP) is 4.53. The van der Waals surface area contributed by atoms with Gasteiger partial charge in [-0.3, -0.25) is 4.79 Å². The second-order valence-electron chi connectivity index (χ2n) is 5.98. The van der Waals surface area contributed by atoms with E-state index in [2.05, 4.69) is 0 Å². The number of benzene rings is 2. The van der Waals surface area contributed by atoms with Crippen LogP contribution in [0.1, 0.15) is 28.8 Å². The summed E-state index contributed by atoms with van der Waals surface area (Å²) in [5.74, 6) is 1.39. The summed E-state index contributed by atoms with van der Waals surface area (Å²) < 4.78 is 10.7. The van der Waals surface area contributed by atoms with Crippen LogP contribution in [0.3, 0.4) is 0 Å². The number of fused-ring (bicyclic) bond motifs is 1. The first kappa shape index (κ1) is 15.6. The molecule has 1 aliphatic carbocycles. The number of carbonyl (C=O) groups excluding carboxylic acids is 1. The van der Waals surface area contributed by atoms with E-state index in [1.54, 1.807) is 18.2 Å². The number of hydrogen-bond donors (Lipinski definition) is 0. The maximum Gasteiger partial charge on any atom is 0.255 e. The first-order valence-corrected chi connectivity index (χ1v) is 8.52. The van der Waals surface area contributed by atoms with Crippen LogP contribution in [0.25, 0.3) is 0 Å². The van der Waals surface area contributed by atoms with Gasteiger partial charge in [0.25, 0.3) is 5.91 Å². The van der Waals surface area contributed by atoms with Crippen LogP contribution in [-0.2, 0) is 6.54 Å². The maximum atomic E-state index is 12.9. The Hall–Kier alpha value is -1.91. The molecule has 0 spiro atoms. The van der Waals surface area contributed by atoms with E-state index in [1.807, 2.05) is 23.1 Å². The standard InChI is InChI=1S/C18H15Cl2NO3/c19-12-2-5-14(15(20)8-12)18(22)21(13-3-4-13)9-11-1-6-16-17(7-11)24-10-23-16/h1-2,5-8,13H,3-4,9-10H2. The third kappa shape index (κ3) is 3.04. The Balaban J connectivity index is 1.59. The van der Waals surface area contributed by atoms with Crippen molar-refractivity contribution in [3.8, 4) is 11.5 Å². The lowest BCUT2D eigenvalue weighted by molar-refractivity contribution is 0.0730. The summed E-state index contributed by atoms with van der Waals surface area (Å²) in [6, 6.07) is 11.0. The molecule has 0 atom stereocenters. The number of amides is 1. The van der Waals surface area contributed by atoms with E-state index in [-0.39, 0.29) is 18.7 Å². The molecule has 1 saturated carbocycles. The van der Waals surface area contributed by atoms with Crippen LogP contribution in [0.4, 0.5) is 0 Å². The maximum absolute atomic E-state index is 12.9. The molecule has 1 amide bonds. The van der Waals surface area contributed by atoms with Crippen LogP contribution in [-0.4, -0.2) is 23.6 Å². The highest BCUT2D eigenvalue weighted by molar-refractivity contribution is 6.36. The van der Waals surface area contributed by atoms with Gasteiger partial charge in [0.2, 0.25) is 6.79 Å². The minimum atomic E-state index is -0.0724. The molecule has 4 rings (SSSR count). The van der Waals surface area contributed by atoms with Crippen LogP contribution in [0.5, 0.6) is 11.5 Å². The van der Waals surface area contributed by atoms with Crippen LogP contribution in [0.15, 0.2) is 36.4 Å². The fraction of sp³-hybridized carbons (Fsp3) is 0.278. The van der Waals surface area contributed by atoms with Crippen molar-refractivity contribution in [2.45, 2.75) is 25.4 Å². The number of halogens is 2. The summed E-state index contributed by atoms with van der Waals surface area (Å²) in [4.78, 5) is 14.8. The topological polar surface area (TPSA) is 38.8 Å². The molecular weight excluding hydrogens is 349 g/mol. The largest absolute Gasteiger partial charge is 0.454 e. The molecule has 0 aromatic heterocycles. The van der Waals surface area contributed by atoms with Crippen molar-refractivity contribution in [1.82, 2.24) is 4.90 Å². The minimum Gasteiger partial charge on any atom is -0.454 e. The first-order chi connectivity index (χ1) is 11.6. The second kappa shape index (κ2) is 6.19. The third-order valence-corrected chi connectivity index (χ3v) is 4.75. The SMILES string of the molecule is O=C(c1ccc(Cl)cc1Cl)N(Cc1ccc2c(c1)OCO2)C1CC1. The quantitative estimate of drug-likeness (QED) is 0.800. The fourth-order valence-electron chi connectivity index (χ4n) is 2.81. The molecular formula is C18H15Cl2NO3. The van der Waals surface area contributed by atoms with Crippen molar-refractivity contribution in [3.05, 3.63) is 57.6 Å². The van der Waals surface area contributed by atoms with Gasteiger partial charge in [-0.25, -0.2) is 0 Å². The molecule has 6 heteroatoms. The molecule has 2 aliphatic rings. The molecule has 124 valence electrons. The number of rotatable bonds is 4. The second-order valence-corrected chi connectivity index (χ2v) is 6.82. The fourth-order valence-corrected chi connectivity index (χ4v) is 3.30. The van der Waals surface area contributed by atoms with Crippen molar-refractivity contribution in [1.29, 1.82) is 0 Å². The Bertz CT molecular complexity index is 805. The lowest BCUT2D eigenvalue weighted by Gasteiger charge is -2.23. The molecule has 1 aliphatic heterocycles. The molecule has 24 heavy (non-hydrogen) atoms. The van der Waals surface area contributed by atoms with Crippen molar-refractivity contribution >= 4 is 29.1 Å². The third-order valence-electron chi connectivity index (χ3n) is 4.20. The van der Waals surface area contributed by atoms with Gasteiger partial charge in [0, 0.05) is 17.6 Å². The number of ether oxygens (including phenoxy) is 2. The van der Waals surface area contributed by atoms with E-state index < -0.39 is 0 Å². The minimum absolute atomic E-state index is 0.0724. The number of hydrogen-bond acceptors (Lipinski definition) is 3. The van der Waals surface area contributed by atoms with E-state index in [4.69, 9.17) is 32.7 Å².